The molecule has 0 aromatic carbocycles. The minimum absolute atomic E-state index is 0.459. The van der Waals surface area contributed by atoms with Crippen LogP contribution in [-0.4, -0.2) is 24.4 Å². The van der Waals surface area contributed by atoms with E-state index in [4.69, 9.17) is 9.26 Å². The Morgan fingerprint density at radius 2 is 2.24 bits per heavy atom. The highest BCUT2D eigenvalue weighted by Crippen LogP contribution is 2.15. The van der Waals surface area contributed by atoms with Gasteiger partial charge in [-0.25, -0.2) is 0 Å². The lowest BCUT2D eigenvalue weighted by Crippen LogP contribution is -2.25. The molecular weight excluding hydrogens is 216 g/mol. The lowest BCUT2D eigenvalue weighted by atomic mass is 10.1. The van der Waals surface area contributed by atoms with Crippen LogP contribution in [0.4, 0.5) is 0 Å². The highest BCUT2D eigenvalue weighted by molar-refractivity contribution is 5.20. The maximum atomic E-state index is 5.69. The van der Waals surface area contributed by atoms with E-state index in [1.165, 1.54) is 24.8 Å². The van der Waals surface area contributed by atoms with Crippen LogP contribution < -0.4 is 5.32 Å². The standard InChI is InChI=1S/C13H22N2O2/c1-10-13(11(2)17-15-10)9-14-7-6-12-5-3-4-8-16-12/h12,14H,3-9H2,1-2H3. The van der Waals surface area contributed by atoms with Gasteiger partial charge < -0.3 is 14.6 Å². The van der Waals surface area contributed by atoms with Crippen LogP contribution >= 0.6 is 0 Å². The van der Waals surface area contributed by atoms with Crippen LogP contribution in [0.15, 0.2) is 4.52 Å². The first-order chi connectivity index (χ1) is 8.27. The Morgan fingerprint density at radius 1 is 1.35 bits per heavy atom. The lowest BCUT2D eigenvalue weighted by Gasteiger charge is -2.22. The normalized spacial score (nSPS) is 20.7. The molecule has 0 bridgehead atoms. The van der Waals surface area contributed by atoms with Gasteiger partial charge in [0.2, 0.25) is 0 Å². The molecule has 0 radical (unpaired) electrons. The first-order valence-corrected chi connectivity index (χ1v) is 6.51. The molecule has 1 N–H and O–H groups in total. The van der Waals surface area contributed by atoms with Crippen molar-refractivity contribution in [3.8, 4) is 0 Å². The number of nitrogens with one attached hydrogen (secondary N) is 1. The fourth-order valence-electron chi connectivity index (χ4n) is 2.27. The summed E-state index contributed by atoms with van der Waals surface area (Å²) in [6.07, 6.45) is 5.31. The minimum Gasteiger partial charge on any atom is -0.378 e. The molecule has 17 heavy (non-hydrogen) atoms. The molecule has 1 aromatic heterocycles. The summed E-state index contributed by atoms with van der Waals surface area (Å²) in [6, 6.07) is 0. The van der Waals surface area contributed by atoms with Gasteiger partial charge in [0.1, 0.15) is 5.76 Å². The van der Waals surface area contributed by atoms with E-state index >= 15 is 0 Å². The Morgan fingerprint density at radius 3 is 2.88 bits per heavy atom. The van der Waals surface area contributed by atoms with Crippen molar-refractivity contribution in [3.05, 3.63) is 17.0 Å². The highest BCUT2D eigenvalue weighted by atomic mass is 16.5. The molecule has 0 amide bonds. The SMILES string of the molecule is Cc1noc(C)c1CNCCC1CCCCO1. The van der Waals surface area contributed by atoms with E-state index in [1.54, 1.807) is 0 Å². The average Bonchev–Trinajstić information content (AvgIpc) is 2.67. The van der Waals surface area contributed by atoms with Gasteiger partial charge >= 0.3 is 0 Å². The van der Waals surface area contributed by atoms with Gasteiger partial charge in [0.15, 0.2) is 0 Å². The van der Waals surface area contributed by atoms with Crippen molar-refractivity contribution in [1.29, 1.82) is 0 Å². The Kier molecular flexibility index (Phi) is 4.57. The first kappa shape index (κ1) is 12.6. The number of hydrogen-bond donors (Lipinski definition) is 1. The van der Waals surface area contributed by atoms with Crippen molar-refractivity contribution in [2.75, 3.05) is 13.2 Å². The molecule has 1 aliphatic heterocycles. The fourth-order valence-corrected chi connectivity index (χ4v) is 2.27. The molecule has 1 saturated heterocycles. The van der Waals surface area contributed by atoms with Crippen molar-refractivity contribution in [2.24, 2.45) is 0 Å². The van der Waals surface area contributed by atoms with E-state index in [9.17, 15) is 0 Å². The molecule has 4 heteroatoms. The van der Waals surface area contributed by atoms with Gasteiger partial charge in [-0.2, -0.15) is 0 Å². The Labute approximate surface area is 103 Å². The summed E-state index contributed by atoms with van der Waals surface area (Å²) < 4.78 is 10.8. The summed E-state index contributed by atoms with van der Waals surface area (Å²) in [4.78, 5) is 0. The maximum Gasteiger partial charge on any atom is 0.138 e. The molecule has 1 atom stereocenters. The Hall–Kier alpha value is -0.870. The predicted octanol–water partition coefficient (Wildman–Crippen LogP) is 2.34. The Balaban J connectivity index is 1.66. The molecule has 1 aromatic rings. The zero-order valence-electron chi connectivity index (χ0n) is 10.8. The van der Waals surface area contributed by atoms with E-state index < -0.39 is 0 Å². The molecule has 0 spiro atoms. The Bertz CT molecular complexity index is 324. The van der Waals surface area contributed by atoms with E-state index in [-0.39, 0.29) is 0 Å². The van der Waals surface area contributed by atoms with Crippen LogP contribution in [-0.2, 0) is 11.3 Å². The second-order valence-corrected chi connectivity index (χ2v) is 4.76. The third kappa shape index (κ3) is 3.54. The number of ether oxygens (including phenoxy) is 1. The molecule has 96 valence electrons. The van der Waals surface area contributed by atoms with E-state index in [0.29, 0.717) is 6.10 Å². The molecule has 0 aliphatic carbocycles. The highest BCUT2D eigenvalue weighted by Gasteiger charge is 2.13. The first-order valence-electron chi connectivity index (χ1n) is 6.51. The monoisotopic (exact) mass is 238 g/mol. The quantitative estimate of drug-likeness (QED) is 0.800. The average molecular weight is 238 g/mol. The summed E-state index contributed by atoms with van der Waals surface area (Å²) in [6.45, 7) is 6.72. The summed E-state index contributed by atoms with van der Waals surface area (Å²) in [5.41, 5.74) is 2.18. The largest absolute Gasteiger partial charge is 0.378 e. The third-order valence-electron chi connectivity index (χ3n) is 3.40. The van der Waals surface area contributed by atoms with Gasteiger partial charge in [0, 0.05) is 18.7 Å². The van der Waals surface area contributed by atoms with Gasteiger partial charge in [-0.1, -0.05) is 5.16 Å². The number of aryl methyl sites for hydroxylation is 2. The molecule has 2 heterocycles. The molecular formula is C13H22N2O2. The van der Waals surface area contributed by atoms with Gasteiger partial charge in [0.25, 0.3) is 0 Å². The van der Waals surface area contributed by atoms with Crippen molar-refractivity contribution in [1.82, 2.24) is 10.5 Å². The summed E-state index contributed by atoms with van der Waals surface area (Å²) in [5, 5.41) is 7.38. The van der Waals surface area contributed by atoms with Crippen LogP contribution in [0.2, 0.25) is 0 Å². The zero-order valence-corrected chi connectivity index (χ0v) is 10.8. The number of hydrogen-bond acceptors (Lipinski definition) is 4. The second kappa shape index (κ2) is 6.17. The molecule has 1 unspecified atom stereocenters. The maximum absolute atomic E-state index is 5.69. The van der Waals surface area contributed by atoms with E-state index in [2.05, 4.69) is 10.5 Å². The third-order valence-corrected chi connectivity index (χ3v) is 3.40. The lowest BCUT2D eigenvalue weighted by molar-refractivity contribution is 0.0115. The predicted molar refractivity (Wildman–Crippen MR) is 65.9 cm³/mol. The van der Waals surface area contributed by atoms with Crippen LogP contribution in [0.25, 0.3) is 0 Å². The van der Waals surface area contributed by atoms with E-state index in [1.807, 2.05) is 13.8 Å². The zero-order chi connectivity index (χ0) is 12.1. The van der Waals surface area contributed by atoms with Crippen molar-refractivity contribution in [2.45, 2.75) is 52.2 Å². The molecule has 1 aliphatic rings. The van der Waals surface area contributed by atoms with Crippen LogP contribution in [0.1, 0.15) is 42.7 Å². The number of nitrogens with zero attached hydrogens (tertiary/aromatic N) is 1. The van der Waals surface area contributed by atoms with Crippen LogP contribution in [0.3, 0.4) is 0 Å². The molecule has 4 nitrogen and oxygen atoms in total. The smallest absolute Gasteiger partial charge is 0.138 e. The topological polar surface area (TPSA) is 47.3 Å². The number of rotatable bonds is 5. The number of aromatic nitrogens is 1. The summed E-state index contributed by atoms with van der Waals surface area (Å²) in [5.74, 6) is 0.920. The fraction of sp³-hybridized carbons (Fsp3) is 0.769. The van der Waals surface area contributed by atoms with Crippen molar-refractivity contribution >= 4 is 0 Å². The van der Waals surface area contributed by atoms with Crippen molar-refractivity contribution in [3.63, 3.8) is 0 Å². The van der Waals surface area contributed by atoms with Gasteiger partial charge in [-0.3, -0.25) is 0 Å². The van der Waals surface area contributed by atoms with Crippen LogP contribution in [0, 0.1) is 13.8 Å². The minimum atomic E-state index is 0.459. The molecule has 0 saturated carbocycles. The van der Waals surface area contributed by atoms with Gasteiger partial charge in [-0.15, -0.1) is 0 Å². The van der Waals surface area contributed by atoms with Gasteiger partial charge in [0.05, 0.1) is 11.8 Å². The van der Waals surface area contributed by atoms with Crippen LogP contribution in [0.5, 0.6) is 0 Å². The second-order valence-electron chi connectivity index (χ2n) is 4.76. The van der Waals surface area contributed by atoms with Gasteiger partial charge in [-0.05, 0) is 46.1 Å². The van der Waals surface area contributed by atoms with E-state index in [0.717, 1.165) is 37.6 Å². The summed E-state index contributed by atoms with van der Waals surface area (Å²) in [7, 11) is 0. The van der Waals surface area contributed by atoms with Crippen molar-refractivity contribution < 1.29 is 9.26 Å². The molecule has 1 fully saturated rings. The summed E-state index contributed by atoms with van der Waals surface area (Å²) >= 11 is 0. The molecule has 2 rings (SSSR count).